The molecule has 21 heavy (non-hydrogen) atoms. The molecule has 1 spiro atoms. The lowest BCUT2D eigenvalue weighted by Gasteiger charge is -2.24. The van der Waals surface area contributed by atoms with Crippen molar-refractivity contribution in [3.8, 4) is 5.75 Å². The Hall–Kier alpha value is -1.62. The molecule has 1 aromatic carbocycles. The second kappa shape index (κ2) is 5.64. The second-order valence-electron chi connectivity index (χ2n) is 5.90. The molecule has 0 amide bonds. The predicted molar refractivity (Wildman–Crippen MR) is 74.2 cm³/mol. The summed E-state index contributed by atoms with van der Waals surface area (Å²) in [6.45, 7) is 0.269. The summed E-state index contributed by atoms with van der Waals surface area (Å²) in [5.74, 6) is -2.03. The first-order valence-electron chi connectivity index (χ1n) is 7.42. The Balaban J connectivity index is 1.64. The van der Waals surface area contributed by atoms with Gasteiger partial charge in [0, 0.05) is 0 Å². The van der Waals surface area contributed by atoms with Gasteiger partial charge in [0.25, 0.3) is 0 Å². The molecular formula is C16H19FO4. The smallest absolute Gasteiger partial charge is 0.342 e. The summed E-state index contributed by atoms with van der Waals surface area (Å²) in [6.07, 6.45) is 6.54. The highest BCUT2D eigenvalue weighted by Crippen LogP contribution is 2.43. The van der Waals surface area contributed by atoms with E-state index in [4.69, 9.17) is 14.6 Å². The normalized spacial score (nSPS) is 23.6. The maximum absolute atomic E-state index is 13.5. The number of halogens is 1. The zero-order valence-corrected chi connectivity index (χ0v) is 11.8. The van der Waals surface area contributed by atoms with E-state index in [0.717, 1.165) is 31.7 Å². The minimum Gasteiger partial charge on any atom is -0.490 e. The maximum atomic E-state index is 13.5. The number of carboxylic acids is 1. The molecular weight excluding hydrogens is 275 g/mol. The quantitative estimate of drug-likeness (QED) is 0.924. The van der Waals surface area contributed by atoms with Gasteiger partial charge in [-0.05, 0) is 37.8 Å². The van der Waals surface area contributed by atoms with Gasteiger partial charge in [0.15, 0.2) is 0 Å². The summed E-state index contributed by atoms with van der Waals surface area (Å²) in [4.78, 5) is 11.1. The van der Waals surface area contributed by atoms with Gasteiger partial charge in [0.1, 0.15) is 23.7 Å². The highest BCUT2D eigenvalue weighted by atomic mass is 19.1. The summed E-state index contributed by atoms with van der Waals surface area (Å²) in [5.41, 5.74) is -0.392. The Bertz CT molecular complexity index is 537. The van der Waals surface area contributed by atoms with Gasteiger partial charge in [0.05, 0.1) is 11.7 Å². The lowest BCUT2D eigenvalue weighted by atomic mass is 9.98. The van der Waals surface area contributed by atoms with E-state index in [9.17, 15) is 9.18 Å². The Kier molecular flexibility index (Phi) is 3.85. The van der Waals surface area contributed by atoms with Crippen molar-refractivity contribution >= 4 is 5.97 Å². The van der Waals surface area contributed by atoms with E-state index < -0.39 is 17.3 Å². The van der Waals surface area contributed by atoms with Crippen molar-refractivity contribution in [2.75, 3.05) is 6.61 Å². The Morgan fingerprint density at radius 1 is 1.38 bits per heavy atom. The van der Waals surface area contributed by atoms with Crippen LogP contribution >= 0.6 is 0 Å². The molecule has 114 valence electrons. The Morgan fingerprint density at radius 3 is 2.86 bits per heavy atom. The van der Waals surface area contributed by atoms with Crippen LogP contribution in [0.2, 0.25) is 0 Å². The van der Waals surface area contributed by atoms with Crippen LogP contribution in [-0.4, -0.2) is 29.4 Å². The maximum Gasteiger partial charge on any atom is 0.342 e. The van der Waals surface area contributed by atoms with Crippen molar-refractivity contribution < 1.29 is 23.8 Å². The highest BCUT2D eigenvalue weighted by molar-refractivity contribution is 5.91. The fourth-order valence-electron chi connectivity index (χ4n) is 3.41. The third-order valence-corrected chi connectivity index (χ3v) is 4.47. The predicted octanol–water partition coefficient (Wildman–Crippen LogP) is 3.39. The molecule has 1 aromatic rings. The fourth-order valence-corrected chi connectivity index (χ4v) is 3.41. The monoisotopic (exact) mass is 294 g/mol. The molecule has 0 bridgehead atoms. The van der Waals surface area contributed by atoms with E-state index in [0.29, 0.717) is 0 Å². The first-order valence-corrected chi connectivity index (χ1v) is 7.42. The van der Waals surface area contributed by atoms with Crippen molar-refractivity contribution in [2.45, 2.75) is 50.2 Å². The third kappa shape index (κ3) is 2.88. The molecule has 1 heterocycles. The van der Waals surface area contributed by atoms with Crippen LogP contribution in [0.5, 0.6) is 5.75 Å². The molecule has 0 aromatic heterocycles. The minimum absolute atomic E-state index is 0.0194. The minimum atomic E-state index is -1.32. The molecule has 1 aliphatic heterocycles. The second-order valence-corrected chi connectivity index (χ2v) is 5.90. The molecule has 1 aliphatic carbocycles. The molecule has 1 N–H and O–H groups in total. The number of hydrogen-bond acceptors (Lipinski definition) is 3. The van der Waals surface area contributed by atoms with E-state index in [1.807, 2.05) is 0 Å². The number of ether oxygens (including phenoxy) is 2. The molecule has 1 unspecified atom stereocenters. The summed E-state index contributed by atoms with van der Waals surface area (Å²) < 4.78 is 25.2. The first kappa shape index (κ1) is 14.3. The summed E-state index contributed by atoms with van der Waals surface area (Å²) in [5, 5.41) is 9.05. The Labute approximate surface area is 122 Å². The van der Waals surface area contributed by atoms with E-state index in [-0.39, 0.29) is 24.1 Å². The van der Waals surface area contributed by atoms with Crippen molar-refractivity contribution in [1.29, 1.82) is 0 Å². The molecule has 2 fully saturated rings. The van der Waals surface area contributed by atoms with Crippen LogP contribution in [0, 0.1) is 5.82 Å². The molecule has 0 radical (unpaired) electrons. The lowest BCUT2D eigenvalue weighted by molar-refractivity contribution is -0.0510. The topological polar surface area (TPSA) is 55.8 Å². The average Bonchev–Trinajstić information content (AvgIpc) is 3.07. The van der Waals surface area contributed by atoms with E-state index in [1.54, 1.807) is 0 Å². The van der Waals surface area contributed by atoms with Gasteiger partial charge in [-0.15, -0.1) is 0 Å². The zero-order valence-electron chi connectivity index (χ0n) is 11.8. The van der Waals surface area contributed by atoms with E-state index >= 15 is 0 Å². The number of aromatic carboxylic acids is 1. The van der Waals surface area contributed by atoms with Crippen LogP contribution < -0.4 is 4.74 Å². The summed E-state index contributed by atoms with van der Waals surface area (Å²) in [6, 6.07) is 4.05. The molecule has 3 rings (SSSR count). The third-order valence-electron chi connectivity index (χ3n) is 4.47. The van der Waals surface area contributed by atoms with Gasteiger partial charge in [-0.25, -0.2) is 9.18 Å². The summed E-state index contributed by atoms with van der Waals surface area (Å²) in [7, 11) is 0. The van der Waals surface area contributed by atoms with Gasteiger partial charge in [-0.2, -0.15) is 0 Å². The van der Waals surface area contributed by atoms with Gasteiger partial charge >= 0.3 is 5.97 Å². The van der Waals surface area contributed by atoms with Crippen molar-refractivity contribution in [3.63, 3.8) is 0 Å². The number of benzene rings is 1. The lowest BCUT2D eigenvalue weighted by Crippen LogP contribution is -2.27. The SMILES string of the molecule is O=C(O)c1c(F)cccc1OCC1CCC2(CCCC2)O1. The molecule has 1 atom stereocenters. The zero-order chi connectivity index (χ0) is 14.9. The number of carbonyl (C=O) groups is 1. The van der Waals surface area contributed by atoms with Crippen LogP contribution in [0.4, 0.5) is 4.39 Å². The first-order chi connectivity index (χ1) is 10.1. The average molecular weight is 294 g/mol. The van der Waals surface area contributed by atoms with Crippen LogP contribution in [0.15, 0.2) is 18.2 Å². The molecule has 1 saturated heterocycles. The van der Waals surface area contributed by atoms with Crippen molar-refractivity contribution in [2.24, 2.45) is 0 Å². The van der Waals surface area contributed by atoms with Gasteiger partial charge < -0.3 is 14.6 Å². The largest absolute Gasteiger partial charge is 0.490 e. The number of carboxylic acid groups (broad SMARTS) is 1. The van der Waals surface area contributed by atoms with E-state index in [2.05, 4.69) is 0 Å². The molecule has 5 heteroatoms. The standard InChI is InChI=1S/C16H19FO4/c17-12-4-3-5-13(14(12)15(18)19)20-10-11-6-9-16(21-11)7-1-2-8-16/h3-5,11H,1-2,6-10H2,(H,18,19). The van der Waals surface area contributed by atoms with Gasteiger partial charge in [-0.1, -0.05) is 18.9 Å². The van der Waals surface area contributed by atoms with Crippen LogP contribution in [-0.2, 0) is 4.74 Å². The van der Waals surface area contributed by atoms with Crippen LogP contribution in [0.3, 0.4) is 0 Å². The number of rotatable bonds is 4. The molecule has 2 aliphatic rings. The highest BCUT2D eigenvalue weighted by Gasteiger charge is 2.42. The van der Waals surface area contributed by atoms with Crippen LogP contribution in [0.25, 0.3) is 0 Å². The Morgan fingerprint density at radius 2 is 2.14 bits per heavy atom. The summed E-state index contributed by atoms with van der Waals surface area (Å²) >= 11 is 0. The van der Waals surface area contributed by atoms with E-state index in [1.165, 1.54) is 25.0 Å². The number of hydrogen-bond donors (Lipinski definition) is 1. The van der Waals surface area contributed by atoms with Crippen molar-refractivity contribution in [1.82, 2.24) is 0 Å². The van der Waals surface area contributed by atoms with Crippen LogP contribution in [0.1, 0.15) is 48.9 Å². The molecule has 1 saturated carbocycles. The van der Waals surface area contributed by atoms with Crippen molar-refractivity contribution in [3.05, 3.63) is 29.6 Å². The van der Waals surface area contributed by atoms with Gasteiger partial charge in [0.2, 0.25) is 0 Å². The van der Waals surface area contributed by atoms with Gasteiger partial charge in [-0.3, -0.25) is 0 Å². The molecule has 4 nitrogen and oxygen atoms in total. The fraction of sp³-hybridized carbons (Fsp3) is 0.562.